The Balaban J connectivity index is 1.36. The maximum atomic E-state index is 12.7. The smallest absolute Gasteiger partial charge is 0.305 e. The molecule has 3 heterocycles. The van der Waals surface area contributed by atoms with Gasteiger partial charge in [-0.1, -0.05) is 48.6 Å². The number of aromatic nitrogens is 1. The van der Waals surface area contributed by atoms with Gasteiger partial charge in [0.1, 0.15) is 0 Å². The number of pyridine rings is 1. The number of aromatic amines is 1. The van der Waals surface area contributed by atoms with Crippen molar-refractivity contribution in [3.63, 3.8) is 0 Å². The Morgan fingerprint density at radius 1 is 1.08 bits per heavy atom. The van der Waals surface area contributed by atoms with Gasteiger partial charge in [-0.05, 0) is 56.2 Å². The molecule has 8 nitrogen and oxygen atoms in total. The van der Waals surface area contributed by atoms with Gasteiger partial charge >= 0.3 is 5.97 Å². The lowest BCUT2D eigenvalue weighted by Crippen LogP contribution is -2.44. The molecule has 2 aliphatic heterocycles. The summed E-state index contributed by atoms with van der Waals surface area (Å²) >= 11 is 0. The minimum Gasteiger partial charge on any atom is -0.481 e. The highest BCUT2D eigenvalue weighted by Crippen LogP contribution is 2.38. The Bertz CT molecular complexity index is 1320. The highest BCUT2D eigenvalue weighted by Gasteiger charge is 2.35. The number of hydrogen-bond acceptors (Lipinski definition) is 5. The second-order valence-electron chi connectivity index (χ2n) is 10.8. The molecule has 1 amide bonds. The van der Waals surface area contributed by atoms with Crippen LogP contribution < -0.4 is 10.9 Å². The number of carboxylic acids is 1. The van der Waals surface area contributed by atoms with E-state index in [2.05, 4.69) is 10.3 Å². The van der Waals surface area contributed by atoms with Crippen molar-refractivity contribution in [3.05, 3.63) is 81.3 Å². The summed E-state index contributed by atoms with van der Waals surface area (Å²) < 4.78 is 11.7. The summed E-state index contributed by atoms with van der Waals surface area (Å²) in [5.74, 6) is -1.35. The van der Waals surface area contributed by atoms with Crippen molar-refractivity contribution in [2.24, 2.45) is 0 Å². The number of benzene rings is 1. The van der Waals surface area contributed by atoms with E-state index >= 15 is 0 Å². The molecule has 1 aromatic carbocycles. The molecule has 3 fully saturated rings. The quantitative estimate of drug-likeness (QED) is 0.478. The summed E-state index contributed by atoms with van der Waals surface area (Å²) in [6.45, 7) is 3.58. The van der Waals surface area contributed by atoms with E-state index in [0.717, 1.165) is 47.2 Å². The second-order valence-corrected chi connectivity index (χ2v) is 10.8. The normalized spacial score (nSPS) is 25.5. The number of rotatable bonds is 8. The molecule has 1 aromatic heterocycles. The van der Waals surface area contributed by atoms with Crippen molar-refractivity contribution >= 4 is 23.5 Å². The zero-order chi connectivity index (χ0) is 26.9. The summed E-state index contributed by atoms with van der Waals surface area (Å²) in [7, 11) is 0. The maximum Gasteiger partial charge on any atom is 0.305 e. The summed E-state index contributed by atoms with van der Waals surface area (Å²) in [4.78, 5) is 38.8. The van der Waals surface area contributed by atoms with Crippen LogP contribution in [0.25, 0.3) is 11.6 Å². The number of ether oxygens (including phenoxy) is 2. The van der Waals surface area contributed by atoms with E-state index in [1.165, 1.54) is 0 Å². The molecule has 3 atom stereocenters. The number of H-pyrrole nitrogens is 1. The van der Waals surface area contributed by atoms with Crippen LogP contribution in [-0.4, -0.2) is 46.0 Å². The van der Waals surface area contributed by atoms with Crippen molar-refractivity contribution in [2.75, 3.05) is 0 Å². The van der Waals surface area contributed by atoms with E-state index in [9.17, 15) is 14.4 Å². The molecule has 0 bridgehead atoms. The number of aliphatic carboxylic acids is 1. The molecule has 2 saturated heterocycles. The van der Waals surface area contributed by atoms with Crippen LogP contribution in [-0.2, 0) is 19.1 Å². The third-order valence-corrected chi connectivity index (χ3v) is 7.15. The van der Waals surface area contributed by atoms with Crippen LogP contribution in [0.3, 0.4) is 0 Å². The van der Waals surface area contributed by atoms with Crippen molar-refractivity contribution in [1.82, 2.24) is 10.3 Å². The number of amides is 1. The molecule has 200 valence electrons. The summed E-state index contributed by atoms with van der Waals surface area (Å²) in [5.41, 5.74) is 4.29. The van der Waals surface area contributed by atoms with Crippen LogP contribution in [0.5, 0.6) is 0 Å². The third-order valence-electron chi connectivity index (χ3n) is 7.15. The first-order chi connectivity index (χ1) is 18.1. The molecule has 0 unspecified atom stereocenters. The molecule has 3 aliphatic rings. The minimum absolute atomic E-state index is 0.0350. The van der Waals surface area contributed by atoms with E-state index in [1.807, 2.05) is 54.6 Å². The van der Waals surface area contributed by atoms with Gasteiger partial charge in [-0.3, -0.25) is 14.4 Å². The van der Waals surface area contributed by atoms with Gasteiger partial charge < -0.3 is 24.9 Å². The number of carbonyl (C=O) groups excluding carboxylic acids is 1. The number of nitrogens with one attached hydrogen (secondary N) is 2. The lowest BCUT2D eigenvalue weighted by atomic mass is 9.97. The van der Waals surface area contributed by atoms with E-state index in [1.54, 1.807) is 13.8 Å². The third kappa shape index (κ3) is 6.49. The molecular weight excluding hydrogens is 484 g/mol. The Morgan fingerprint density at radius 3 is 2.47 bits per heavy atom. The molecule has 1 aliphatic carbocycles. The SMILES string of the molecule is CC1(C)O[C@@H](CC(=O)O)C[C@@H](C=Cc2ccc(/C(=C\[C@H]3CCC(=O)N3)c3ccc(C4CC4)c(=O)[nH]3)cc2)O1. The number of hydrogen-bond donors (Lipinski definition) is 3. The van der Waals surface area contributed by atoms with Crippen molar-refractivity contribution in [1.29, 1.82) is 0 Å². The van der Waals surface area contributed by atoms with Crippen molar-refractivity contribution < 1.29 is 24.2 Å². The van der Waals surface area contributed by atoms with Gasteiger partial charge in [-0.15, -0.1) is 0 Å². The van der Waals surface area contributed by atoms with Crippen LogP contribution in [0, 0.1) is 0 Å². The largest absolute Gasteiger partial charge is 0.481 e. The summed E-state index contributed by atoms with van der Waals surface area (Å²) in [6.07, 6.45) is 8.98. The molecule has 5 rings (SSSR count). The van der Waals surface area contributed by atoms with Gasteiger partial charge in [-0.2, -0.15) is 0 Å². The van der Waals surface area contributed by atoms with E-state index < -0.39 is 17.9 Å². The highest BCUT2D eigenvalue weighted by atomic mass is 16.7. The van der Waals surface area contributed by atoms with Gasteiger partial charge in [0.25, 0.3) is 5.56 Å². The first-order valence-electron chi connectivity index (χ1n) is 13.3. The molecule has 0 radical (unpaired) electrons. The fourth-order valence-electron chi connectivity index (χ4n) is 5.24. The van der Waals surface area contributed by atoms with Crippen LogP contribution in [0.2, 0.25) is 0 Å². The fraction of sp³-hybridized carbons (Fsp3) is 0.433. The summed E-state index contributed by atoms with van der Waals surface area (Å²) in [5, 5.41) is 12.1. The Kier molecular flexibility index (Phi) is 7.36. The molecular formula is C30H34N2O6. The van der Waals surface area contributed by atoms with E-state index in [0.29, 0.717) is 18.8 Å². The second kappa shape index (κ2) is 10.7. The Hall–Kier alpha value is -3.49. The molecule has 3 N–H and O–H groups in total. The molecule has 0 spiro atoms. The predicted molar refractivity (Wildman–Crippen MR) is 143 cm³/mol. The molecule has 38 heavy (non-hydrogen) atoms. The first kappa shape index (κ1) is 26.1. The number of carbonyl (C=O) groups is 2. The Labute approximate surface area is 221 Å². The van der Waals surface area contributed by atoms with Crippen LogP contribution in [0.4, 0.5) is 0 Å². The van der Waals surface area contributed by atoms with Crippen LogP contribution in [0.1, 0.15) is 80.7 Å². The lowest BCUT2D eigenvalue weighted by molar-refractivity contribution is -0.290. The summed E-state index contributed by atoms with van der Waals surface area (Å²) in [6, 6.07) is 11.8. The molecule has 1 saturated carbocycles. The van der Waals surface area contributed by atoms with Crippen molar-refractivity contribution in [2.45, 2.75) is 82.3 Å². The number of carboxylic acid groups (broad SMARTS) is 1. The van der Waals surface area contributed by atoms with E-state index in [-0.39, 0.29) is 30.0 Å². The molecule has 2 aromatic rings. The fourth-order valence-corrected chi connectivity index (χ4v) is 5.24. The average Bonchev–Trinajstić information content (AvgIpc) is 3.61. The van der Waals surface area contributed by atoms with Gasteiger partial charge in [0.2, 0.25) is 5.91 Å². The Morgan fingerprint density at radius 2 is 1.84 bits per heavy atom. The zero-order valence-corrected chi connectivity index (χ0v) is 21.7. The van der Waals surface area contributed by atoms with Gasteiger partial charge in [0.15, 0.2) is 5.79 Å². The molecule has 8 heteroatoms. The topological polar surface area (TPSA) is 118 Å². The van der Waals surface area contributed by atoms with Gasteiger partial charge in [0.05, 0.1) is 18.6 Å². The van der Waals surface area contributed by atoms with E-state index in [4.69, 9.17) is 14.6 Å². The van der Waals surface area contributed by atoms with Crippen LogP contribution >= 0.6 is 0 Å². The lowest BCUT2D eigenvalue weighted by Gasteiger charge is -2.39. The first-order valence-corrected chi connectivity index (χ1v) is 13.3. The highest BCUT2D eigenvalue weighted by molar-refractivity contribution is 5.82. The minimum atomic E-state index is -0.893. The zero-order valence-electron chi connectivity index (χ0n) is 21.7. The van der Waals surface area contributed by atoms with Gasteiger partial charge in [-0.25, -0.2) is 0 Å². The standard InChI is InChI=1S/C30H34N2O6/c1-30(2)37-22(16-23(38-30)17-28(34)35)11-5-18-3-6-20(7-4-18)25(15-21-10-14-27(33)31-21)26-13-12-24(19-8-9-19)29(36)32-26/h3-7,11-13,15,19,21-23H,8-10,14,16-17H2,1-2H3,(H,31,33)(H,32,36)(H,34,35)/b11-5?,25-15+/t21-,22-,23-/m1/s1. The maximum absolute atomic E-state index is 12.7. The van der Waals surface area contributed by atoms with Gasteiger partial charge in [0, 0.05) is 35.7 Å². The predicted octanol–water partition coefficient (Wildman–Crippen LogP) is 4.36. The monoisotopic (exact) mass is 518 g/mol. The van der Waals surface area contributed by atoms with Crippen molar-refractivity contribution in [3.8, 4) is 0 Å². The van der Waals surface area contributed by atoms with Crippen LogP contribution in [0.15, 0.2) is 53.3 Å². The average molecular weight is 519 g/mol.